The summed E-state index contributed by atoms with van der Waals surface area (Å²) in [4.78, 5) is 4.85. The zero-order valence-corrected chi connectivity index (χ0v) is 25.1. The monoisotopic (exact) mass is 610 g/mol. The van der Waals surface area contributed by atoms with E-state index in [1.165, 1.54) is 38.2 Å². The van der Waals surface area contributed by atoms with Crippen molar-refractivity contribution >= 4 is 77.2 Å². The van der Waals surface area contributed by atoms with Gasteiger partial charge in [0.1, 0.15) is 11.1 Å². The molecule has 3 aromatic heterocycles. The van der Waals surface area contributed by atoms with Crippen molar-refractivity contribution in [1.82, 2.24) is 9.55 Å². The van der Waals surface area contributed by atoms with Crippen LogP contribution in [0.25, 0.3) is 93.9 Å². The number of hydrogen-bond acceptors (Lipinski definition) is 3. The minimum Gasteiger partial charge on any atom is -0.454 e. The van der Waals surface area contributed by atoms with Crippen LogP contribution in [-0.2, 0) is 0 Å². The van der Waals surface area contributed by atoms with E-state index in [4.69, 9.17) is 25.4 Å². The summed E-state index contributed by atoms with van der Waals surface area (Å²) in [5.41, 5.74) is 9.49. The molecule has 0 spiro atoms. The third-order valence-corrected chi connectivity index (χ3v) is 9.37. The number of para-hydroxylation sites is 2. The molecular formula is C41H23ClN2O2. The molecule has 5 heteroatoms. The van der Waals surface area contributed by atoms with Crippen molar-refractivity contribution in [2.24, 2.45) is 0 Å². The summed E-state index contributed by atoms with van der Waals surface area (Å²) in [5.74, 6) is 0.538. The van der Waals surface area contributed by atoms with Gasteiger partial charge in [-0.05, 0) is 65.0 Å². The summed E-state index contributed by atoms with van der Waals surface area (Å²) in [6.45, 7) is 0. The molecule has 0 N–H and O–H groups in total. The second-order valence-electron chi connectivity index (χ2n) is 11.7. The molecule has 10 aromatic rings. The molecule has 0 amide bonds. The average molecular weight is 611 g/mol. The summed E-state index contributed by atoms with van der Waals surface area (Å²) < 4.78 is 14.9. The van der Waals surface area contributed by atoms with Crippen LogP contribution in [0.4, 0.5) is 0 Å². The molecule has 0 unspecified atom stereocenters. The first kappa shape index (κ1) is 25.5. The van der Waals surface area contributed by atoms with Gasteiger partial charge < -0.3 is 13.4 Å². The number of nitrogens with zero attached hydrogens (tertiary/aromatic N) is 2. The smallest absolute Gasteiger partial charge is 0.227 e. The summed E-state index contributed by atoms with van der Waals surface area (Å²) >= 11 is 6.64. The molecule has 46 heavy (non-hydrogen) atoms. The minimum absolute atomic E-state index is 0.517. The molecule has 0 fully saturated rings. The molecule has 0 aliphatic carbocycles. The lowest BCUT2D eigenvalue weighted by atomic mass is 9.95. The fourth-order valence-electron chi connectivity index (χ4n) is 7.06. The number of halogens is 1. The Hall–Kier alpha value is -5.84. The number of fused-ring (bicyclic) bond motifs is 10. The first-order valence-electron chi connectivity index (χ1n) is 15.2. The molecule has 0 saturated carbocycles. The summed E-state index contributed by atoms with van der Waals surface area (Å²) in [6.07, 6.45) is 0. The van der Waals surface area contributed by atoms with E-state index in [0.717, 1.165) is 33.1 Å². The highest BCUT2D eigenvalue weighted by Gasteiger charge is 2.21. The highest BCUT2D eigenvalue weighted by molar-refractivity contribution is 6.38. The van der Waals surface area contributed by atoms with Gasteiger partial charge in [0.25, 0.3) is 0 Å². The fraction of sp³-hybridized carbons (Fsp3) is 0. The quantitative estimate of drug-likeness (QED) is 0.200. The van der Waals surface area contributed by atoms with Crippen molar-refractivity contribution in [2.45, 2.75) is 0 Å². The lowest BCUT2D eigenvalue weighted by Gasteiger charge is -2.13. The van der Waals surface area contributed by atoms with Crippen molar-refractivity contribution in [3.05, 3.63) is 145 Å². The van der Waals surface area contributed by atoms with Crippen molar-refractivity contribution in [3.8, 4) is 28.3 Å². The molecule has 0 saturated heterocycles. The lowest BCUT2D eigenvalue weighted by Crippen LogP contribution is -1.95. The van der Waals surface area contributed by atoms with Gasteiger partial charge in [0, 0.05) is 32.8 Å². The first-order valence-corrected chi connectivity index (χ1v) is 15.6. The van der Waals surface area contributed by atoms with Crippen molar-refractivity contribution in [1.29, 1.82) is 0 Å². The standard InChI is InChI=1S/C41H23ClN2O2/c42-33-23-34-40(37-30-15-7-9-17-36(30)45-39(33)37)46-41(43-34)25-18-20-26(21-19-25)44-35-16-8-6-13-28(35)32-22-31(24-10-2-1-3-11-24)27-12-4-5-14-29(27)38(32)44/h1-23H. The van der Waals surface area contributed by atoms with Gasteiger partial charge >= 0.3 is 0 Å². The van der Waals surface area contributed by atoms with Crippen LogP contribution in [-0.4, -0.2) is 9.55 Å². The number of oxazole rings is 1. The zero-order chi connectivity index (χ0) is 30.4. The maximum Gasteiger partial charge on any atom is 0.227 e. The second-order valence-corrected chi connectivity index (χ2v) is 12.1. The van der Waals surface area contributed by atoms with Crippen LogP contribution in [0.1, 0.15) is 0 Å². The van der Waals surface area contributed by atoms with E-state index in [-0.39, 0.29) is 0 Å². The predicted octanol–water partition coefficient (Wildman–Crippen LogP) is 12.0. The van der Waals surface area contributed by atoms with Crippen LogP contribution in [0.2, 0.25) is 5.02 Å². The van der Waals surface area contributed by atoms with Gasteiger partial charge in [0.05, 0.1) is 21.4 Å². The number of rotatable bonds is 3. The maximum absolute atomic E-state index is 6.64. The Morgan fingerprint density at radius 3 is 2.07 bits per heavy atom. The maximum atomic E-state index is 6.64. The minimum atomic E-state index is 0.517. The molecule has 0 aliphatic rings. The number of aromatic nitrogens is 2. The molecule has 3 heterocycles. The molecule has 7 aromatic carbocycles. The molecule has 10 rings (SSSR count). The summed E-state index contributed by atoms with van der Waals surface area (Å²) in [5, 5.41) is 7.21. The van der Waals surface area contributed by atoms with E-state index in [0.29, 0.717) is 27.6 Å². The Morgan fingerprint density at radius 1 is 0.543 bits per heavy atom. The third kappa shape index (κ3) is 3.59. The van der Waals surface area contributed by atoms with Crippen LogP contribution in [0.15, 0.2) is 148 Å². The summed E-state index contributed by atoms with van der Waals surface area (Å²) in [7, 11) is 0. The largest absolute Gasteiger partial charge is 0.454 e. The van der Waals surface area contributed by atoms with E-state index >= 15 is 0 Å². The zero-order valence-electron chi connectivity index (χ0n) is 24.4. The Balaban J connectivity index is 1.17. The van der Waals surface area contributed by atoms with Crippen LogP contribution in [0.3, 0.4) is 0 Å². The van der Waals surface area contributed by atoms with E-state index in [2.05, 4.69) is 114 Å². The molecular weight excluding hydrogens is 588 g/mol. The van der Waals surface area contributed by atoms with Crippen molar-refractivity contribution in [3.63, 3.8) is 0 Å². The van der Waals surface area contributed by atoms with Crippen LogP contribution in [0.5, 0.6) is 0 Å². The normalized spacial score (nSPS) is 12.0. The predicted molar refractivity (Wildman–Crippen MR) is 189 cm³/mol. The van der Waals surface area contributed by atoms with E-state index < -0.39 is 0 Å². The number of furan rings is 1. The van der Waals surface area contributed by atoms with Gasteiger partial charge in [-0.25, -0.2) is 4.98 Å². The molecule has 4 nitrogen and oxygen atoms in total. The average Bonchev–Trinajstić information content (AvgIpc) is 3.81. The topological polar surface area (TPSA) is 44.1 Å². The van der Waals surface area contributed by atoms with Gasteiger partial charge in [0.2, 0.25) is 5.89 Å². The number of benzene rings is 7. The van der Waals surface area contributed by atoms with Gasteiger partial charge in [0.15, 0.2) is 11.2 Å². The molecule has 216 valence electrons. The van der Waals surface area contributed by atoms with Crippen LogP contribution in [0, 0.1) is 0 Å². The molecule has 0 atom stereocenters. The highest BCUT2D eigenvalue weighted by atomic mass is 35.5. The first-order chi connectivity index (χ1) is 22.7. The van der Waals surface area contributed by atoms with Gasteiger partial charge in [-0.2, -0.15) is 0 Å². The van der Waals surface area contributed by atoms with Gasteiger partial charge in [-0.1, -0.05) is 103 Å². The SMILES string of the molecule is Clc1cc2nc(-c3ccc(-n4c5ccccc5c5cc(-c6ccccc6)c6ccccc6c54)cc3)oc2c2c1oc1ccccc12. The van der Waals surface area contributed by atoms with E-state index in [1.807, 2.05) is 30.3 Å². The highest BCUT2D eigenvalue weighted by Crippen LogP contribution is 2.43. The Morgan fingerprint density at radius 2 is 1.24 bits per heavy atom. The van der Waals surface area contributed by atoms with Gasteiger partial charge in [-0.3, -0.25) is 0 Å². The Bertz CT molecular complexity index is 2810. The van der Waals surface area contributed by atoms with Gasteiger partial charge in [-0.15, -0.1) is 0 Å². The summed E-state index contributed by atoms with van der Waals surface area (Å²) in [6, 6.07) is 48.5. The third-order valence-electron chi connectivity index (χ3n) is 9.09. The number of hydrogen-bond donors (Lipinski definition) is 0. The fourth-order valence-corrected chi connectivity index (χ4v) is 7.29. The molecule has 0 bridgehead atoms. The van der Waals surface area contributed by atoms with Crippen molar-refractivity contribution in [2.75, 3.05) is 0 Å². The molecule has 0 radical (unpaired) electrons. The Labute approximate surface area is 267 Å². The van der Waals surface area contributed by atoms with Crippen LogP contribution < -0.4 is 0 Å². The second kappa shape index (κ2) is 9.58. The van der Waals surface area contributed by atoms with Crippen molar-refractivity contribution < 1.29 is 8.83 Å². The van der Waals surface area contributed by atoms with E-state index in [1.54, 1.807) is 0 Å². The Kier molecular flexibility index (Phi) is 5.31. The molecule has 0 aliphatic heterocycles. The van der Waals surface area contributed by atoms with Crippen LogP contribution >= 0.6 is 11.6 Å². The van der Waals surface area contributed by atoms with E-state index in [9.17, 15) is 0 Å². The lowest BCUT2D eigenvalue weighted by molar-refractivity contribution is 0.622.